The van der Waals surface area contributed by atoms with Crippen molar-refractivity contribution < 1.29 is 18.7 Å². The Kier molecular flexibility index (Phi) is 5.87. The number of aryl methyl sites for hydroxylation is 1. The van der Waals surface area contributed by atoms with Crippen LogP contribution in [0.25, 0.3) is 11.1 Å². The summed E-state index contributed by atoms with van der Waals surface area (Å²) in [6.45, 7) is 4.45. The van der Waals surface area contributed by atoms with Gasteiger partial charge in [-0.3, -0.25) is 4.79 Å². The summed E-state index contributed by atoms with van der Waals surface area (Å²) in [7, 11) is 0. The SMILES string of the molecule is Cc1nc(Oc2cc(C#N)ccc2-c2ccc(C=O)c(F)c2)cc(N2CCOCC2)n1. The van der Waals surface area contributed by atoms with Crippen LogP contribution in [0, 0.1) is 24.1 Å². The van der Waals surface area contributed by atoms with Gasteiger partial charge >= 0.3 is 0 Å². The van der Waals surface area contributed by atoms with E-state index in [2.05, 4.69) is 20.9 Å². The van der Waals surface area contributed by atoms with E-state index in [1.165, 1.54) is 12.1 Å². The number of benzene rings is 2. The lowest BCUT2D eigenvalue weighted by atomic mass is 10.0. The zero-order valence-electron chi connectivity index (χ0n) is 16.8. The Bertz CT molecular complexity index is 1170. The van der Waals surface area contributed by atoms with E-state index in [0.717, 1.165) is 5.82 Å². The highest BCUT2D eigenvalue weighted by atomic mass is 19.1. The van der Waals surface area contributed by atoms with E-state index in [0.29, 0.717) is 66.7 Å². The molecule has 0 unspecified atom stereocenters. The Morgan fingerprint density at radius 1 is 1.16 bits per heavy atom. The third-order valence-electron chi connectivity index (χ3n) is 4.90. The maximum Gasteiger partial charge on any atom is 0.224 e. The summed E-state index contributed by atoms with van der Waals surface area (Å²) in [5.41, 5.74) is 1.45. The molecule has 0 aliphatic carbocycles. The molecular formula is C23H19FN4O3. The van der Waals surface area contributed by atoms with Crippen LogP contribution in [0.1, 0.15) is 21.7 Å². The highest BCUT2D eigenvalue weighted by molar-refractivity contribution is 5.79. The van der Waals surface area contributed by atoms with E-state index in [-0.39, 0.29) is 5.56 Å². The van der Waals surface area contributed by atoms with Gasteiger partial charge in [0, 0.05) is 24.7 Å². The van der Waals surface area contributed by atoms with Gasteiger partial charge in [0.05, 0.1) is 30.4 Å². The summed E-state index contributed by atoms with van der Waals surface area (Å²) in [6.07, 6.45) is 0.464. The Morgan fingerprint density at radius 3 is 2.68 bits per heavy atom. The zero-order chi connectivity index (χ0) is 21.8. The fourth-order valence-electron chi connectivity index (χ4n) is 3.35. The van der Waals surface area contributed by atoms with Crippen LogP contribution in [0.15, 0.2) is 42.5 Å². The molecule has 8 heteroatoms. The molecule has 0 N–H and O–H groups in total. The Balaban J connectivity index is 1.73. The predicted molar refractivity (Wildman–Crippen MR) is 112 cm³/mol. The number of carbonyl (C=O) groups is 1. The first-order valence-electron chi connectivity index (χ1n) is 9.73. The van der Waals surface area contributed by atoms with E-state index in [9.17, 15) is 14.4 Å². The second-order valence-electron chi connectivity index (χ2n) is 6.99. The number of ether oxygens (including phenoxy) is 2. The van der Waals surface area contributed by atoms with Crippen LogP contribution in [0.5, 0.6) is 11.6 Å². The standard InChI is InChI=1S/C23H19FN4O3/c1-15-26-22(28-6-8-30-9-7-28)12-23(27-15)31-21-10-16(13-25)2-5-19(21)17-3-4-18(14-29)20(24)11-17/h2-5,10-12,14H,6-9H2,1H3. The molecule has 1 aromatic heterocycles. The predicted octanol–water partition coefficient (Wildman–Crippen LogP) is 3.90. The van der Waals surface area contributed by atoms with E-state index in [4.69, 9.17) is 9.47 Å². The quantitative estimate of drug-likeness (QED) is 0.581. The molecule has 0 atom stereocenters. The largest absolute Gasteiger partial charge is 0.438 e. The van der Waals surface area contributed by atoms with Crippen molar-refractivity contribution in [1.82, 2.24) is 9.97 Å². The van der Waals surface area contributed by atoms with Crippen molar-refractivity contribution in [2.45, 2.75) is 6.92 Å². The maximum absolute atomic E-state index is 14.2. The molecule has 7 nitrogen and oxygen atoms in total. The summed E-state index contributed by atoms with van der Waals surface area (Å²) >= 11 is 0. The van der Waals surface area contributed by atoms with Crippen molar-refractivity contribution in [2.24, 2.45) is 0 Å². The highest BCUT2D eigenvalue weighted by Gasteiger charge is 2.17. The van der Waals surface area contributed by atoms with Crippen LogP contribution in [-0.2, 0) is 4.74 Å². The van der Waals surface area contributed by atoms with Crippen molar-refractivity contribution in [2.75, 3.05) is 31.2 Å². The minimum atomic E-state index is -0.629. The van der Waals surface area contributed by atoms with Gasteiger partial charge in [-0.1, -0.05) is 6.07 Å². The Labute approximate surface area is 178 Å². The van der Waals surface area contributed by atoms with Crippen LogP contribution in [-0.4, -0.2) is 42.6 Å². The van der Waals surface area contributed by atoms with E-state index < -0.39 is 5.82 Å². The van der Waals surface area contributed by atoms with Gasteiger partial charge in [-0.2, -0.15) is 10.2 Å². The fraction of sp³-hybridized carbons (Fsp3) is 0.217. The molecule has 2 heterocycles. The van der Waals surface area contributed by atoms with Gasteiger partial charge in [0.25, 0.3) is 0 Å². The molecule has 156 valence electrons. The summed E-state index contributed by atoms with van der Waals surface area (Å²) < 4.78 is 25.6. The van der Waals surface area contributed by atoms with Crippen LogP contribution in [0.4, 0.5) is 10.2 Å². The molecular weight excluding hydrogens is 399 g/mol. The fourth-order valence-corrected chi connectivity index (χ4v) is 3.35. The monoisotopic (exact) mass is 418 g/mol. The first-order chi connectivity index (χ1) is 15.1. The van der Waals surface area contributed by atoms with Gasteiger partial charge in [-0.05, 0) is 42.8 Å². The van der Waals surface area contributed by atoms with E-state index in [1.807, 2.05) is 0 Å². The molecule has 31 heavy (non-hydrogen) atoms. The first-order valence-corrected chi connectivity index (χ1v) is 9.73. The third-order valence-corrected chi connectivity index (χ3v) is 4.90. The van der Waals surface area contributed by atoms with Gasteiger partial charge in [0.2, 0.25) is 5.88 Å². The minimum Gasteiger partial charge on any atom is -0.438 e. The third kappa shape index (κ3) is 4.52. The molecule has 1 fully saturated rings. The molecule has 3 aromatic rings. The Hall–Kier alpha value is -3.83. The molecule has 4 rings (SSSR count). The van der Waals surface area contributed by atoms with Crippen LogP contribution < -0.4 is 9.64 Å². The number of carbonyl (C=O) groups excluding carboxylic acids is 1. The van der Waals surface area contributed by atoms with Crippen molar-refractivity contribution in [1.29, 1.82) is 5.26 Å². The number of hydrogen-bond acceptors (Lipinski definition) is 7. The molecule has 1 aliphatic heterocycles. The van der Waals surface area contributed by atoms with Gasteiger partial charge in [0.15, 0.2) is 6.29 Å². The number of anilines is 1. The number of nitriles is 1. The van der Waals surface area contributed by atoms with Gasteiger partial charge in [-0.25, -0.2) is 9.37 Å². The molecule has 2 aromatic carbocycles. The number of halogens is 1. The second kappa shape index (κ2) is 8.90. The molecule has 0 bridgehead atoms. The van der Waals surface area contributed by atoms with Gasteiger partial charge in [0.1, 0.15) is 23.2 Å². The lowest BCUT2D eigenvalue weighted by Crippen LogP contribution is -2.36. The maximum atomic E-state index is 14.2. The molecule has 0 spiro atoms. The number of rotatable bonds is 5. The second-order valence-corrected chi connectivity index (χ2v) is 6.99. The van der Waals surface area contributed by atoms with Crippen LogP contribution in [0.2, 0.25) is 0 Å². The summed E-state index contributed by atoms with van der Waals surface area (Å²) in [4.78, 5) is 21.9. The van der Waals surface area contributed by atoms with E-state index >= 15 is 0 Å². The smallest absolute Gasteiger partial charge is 0.224 e. The van der Waals surface area contributed by atoms with Crippen molar-refractivity contribution in [3.63, 3.8) is 0 Å². The normalized spacial score (nSPS) is 13.5. The van der Waals surface area contributed by atoms with Crippen molar-refractivity contribution >= 4 is 12.1 Å². The molecule has 1 saturated heterocycles. The van der Waals surface area contributed by atoms with Crippen molar-refractivity contribution in [3.8, 4) is 28.8 Å². The number of hydrogen-bond donors (Lipinski definition) is 0. The number of morpholine rings is 1. The summed E-state index contributed by atoms with van der Waals surface area (Å²) in [6, 6.07) is 13.0. The first kappa shape index (κ1) is 20.4. The highest BCUT2D eigenvalue weighted by Crippen LogP contribution is 2.35. The van der Waals surface area contributed by atoms with Gasteiger partial charge < -0.3 is 14.4 Å². The number of aldehydes is 1. The topological polar surface area (TPSA) is 88.3 Å². The molecule has 1 aliphatic rings. The average molecular weight is 418 g/mol. The molecule has 0 saturated carbocycles. The number of nitrogens with zero attached hydrogens (tertiary/aromatic N) is 4. The summed E-state index contributed by atoms with van der Waals surface area (Å²) in [5, 5.41) is 9.31. The number of aromatic nitrogens is 2. The Morgan fingerprint density at radius 2 is 1.97 bits per heavy atom. The van der Waals surface area contributed by atoms with Crippen LogP contribution >= 0.6 is 0 Å². The lowest BCUT2D eigenvalue weighted by Gasteiger charge is -2.28. The van der Waals surface area contributed by atoms with Crippen LogP contribution in [0.3, 0.4) is 0 Å². The van der Waals surface area contributed by atoms with Gasteiger partial charge in [-0.15, -0.1) is 0 Å². The molecule has 0 radical (unpaired) electrons. The summed E-state index contributed by atoms with van der Waals surface area (Å²) in [5.74, 6) is 1.30. The lowest BCUT2D eigenvalue weighted by molar-refractivity contribution is 0.112. The zero-order valence-corrected chi connectivity index (χ0v) is 16.8. The van der Waals surface area contributed by atoms with Crippen molar-refractivity contribution in [3.05, 3.63) is 65.2 Å². The van der Waals surface area contributed by atoms with E-state index in [1.54, 1.807) is 37.3 Å². The average Bonchev–Trinajstić information content (AvgIpc) is 2.79. The molecule has 0 amide bonds. The minimum absolute atomic E-state index is 0.0264.